The Morgan fingerprint density at radius 3 is 2.78 bits per heavy atom. The summed E-state index contributed by atoms with van der Waals surface area (Å²) < 4.78 is 0. The van der Waals surface area contributed by atoms with E-state index >= 15 is 0 Å². The van der Waals surface area contributed by atoms with E-state index in [1.165, 1.54) is 70.9 Å². The summed E-state index contributed by atoms with van der Waals surface area (Å²) in [7, 11) is 0. The third-order valence-corrected chi connectivity index (χ3v) is 5.43. The molecule has 2 saturated carbocycles. The van der Waals surface area contributed by atoms with Crippen molar-refractivity contribution < 1.29 is 0 Å². The molecule has 1 heterocycles. The summed E-state index contributed by atoms with van der Waals surface area (Å²) in [5.74, 6) is 1.05. The first-order chi connectivity index (χ1) is 8.84. The molecule has 2 aliphatic carbocycles. The Hall–Kier alpha value is -0.0800. The van der Waals surface area contributed by atoms with E-state index in [0.717, 1.165) is 24.0 Å². The van der Waals surface area contributed by atoms with Crippen LogP contribution in [0.25, 0.3) is 0 Å². The van der Waals surface area contributed by atoms with Gasteiger partial charge in [-0.2, -0.15) is 0 Å². The smallest absolute Gasteiger partial charge is 0.0127 e. The fourth-order valence-corrected chi connectivity index (χ4v) is 4.15. The molecular weight excluding hydrogens is 220 g/mol. The first-order valence-corrected chi connectivity index (χ1v) is 8.34. The monoisotopic (exact) mass is 250 g/mol. The number of nitrogens with zero attached hydrogens (tertiary/aromatic N) is 1. The molecule has 3 unspecified atom stereocenters. The van der Waals surface area contributed by atoms with Gasteiger partial charge in [0.25, 0.3) is 0 Å². The highest BCUT2D eigenvalue weighted by molar-refractivity contribution is 4.92. The van der Waals surface area contributed by atoms with Crippen molar-refractivity contribution in [3.8, 4) is 0 Å². The van der Waals surface area contributed by atoms with E-state index in [4.69, 9.17) is 0 Å². The van der Waals surface area contributed by atoms with Gasteiger partial charge in [-0.15, -0.1) is 0 Å². The minimum absolute atomic E-state index is 0.819. The van der Waals surface area contributed by atoms with Crippen molar-refractivity contribution in [2.45, 2.75) is 82.8 Å². The number of hydrogen-bond acceptors (Lipinski definition) is 2. The first-order valence-electron chi connectivity index (χ1n) is 8.34. The number of fused-ring (bicyclic) bond motifs is 1. The number of hydrogen-bond donors (Lipinski definition) is 1. The van der Waals surface area contributed by atoms with Gasteiger partial charge in [-0.3, -0.25) is 4.90 Å². The van der Waals surface area contributed by atoms with Gasteiger partial charge in [-0.1, -0.05) is 12.8 Å². The molecule has 1 aliphatic heterocycles. The quantitative estimate of drug-likeness (QED) is 0.728. The highest BCUT2D eigenvalue weighted by Crippen LogP contribution is 2.37. The van der Waals surface area contributed by atoms with Crippen LogP contribution in [0.15, 0.2) is 0 Å². The maximum Gasteiger partial charge on any atom is 0.0127 e. The van der Waals surface area contributed by atoms with Crippen LogP contribution < -0.4 is 5.32 Å². The van der Waals surface area contributed by atoms with Crippen LogP contribution in [-0.2, 0) is 0 Å². The third-order valence-electron chi connectivity index (χ3n) is 5.43. The third kappa shape index (κ3) is 3.08. The average molecular weight is 250 g/mol. The first kappa shape index (κ1) is 12.9. The topological polar surface area (TPSA) is 15.3 Å². The van der Waals surface area contributed by atoms with Crippen molar-refractivity contribution in [2.75, 3.05) is 13.1 Å². The summed E-state index contributed by atoms with van der Waals surface area (Å²) in [6, 6.07) is 2.65. The number of rotatable bonds is 6. The minimum atomic E-state index is 0.819. The summed E-state index contributed by atoms with van der Waals surface area (Å²) >= 11 is 0. The van der Waals surface area contributed by atoms with Crippen LogP contribution in [0.1, 0.15) is 64.7 Å². The Balaban J connectivity index is 1.39. The Labute approximate surface area is 113 Å². The van der Waals surface area contributed by atoms with Gasteiger partial charge in [0.05, 0.1) is 0 Å². The van der Waals surface area contributed by atoms with Crippen molar-refractivity contribution in [3.63, 3.8) is 0 Å². The SMILES string of the molecule is CC(CCCNC1CC1)N1CCC2CCCCC21. The fraction of sp³-hybridized carbons (Fsp3) is 1.00. The molecule has 3 atom stereocenters. The Morgan fingerprint density at radius 2 is 1.94 bits per heavy atom. The van der Waals surface area contributed by atoms with Gasteiger partial charge in [-0.25, -0.2) is 0 Å². The van der Waals surface area contributed by atoms with Gasteiger partial charge in [-0.05, 0) is 70.9 Å². The number of nitrogens with one attached hydrogen (secondary N) is 1. The van der Waals surface area contributed by atoms with Crippen molar-refractivity contribution in [2.24, 2.45) is 5.92 Å². The maximum absolute atomic E-state index is 3.64. The molecule has 3 fully saturated rings. The van der Waals surface area contributed by atoms with E-state index < -0.39 is 0 Å². The van der Waals surface area contributed by atoms with Crippen molar-refractivity contribution >= 4 is 0 Å². The Morgan fingerprint density at radius 1 is 1.11 bits per heavy atom. The molecule has 18 heavy (non-hydrogen) atoms. The standard InChI is InChI=1S/C16H30N2/c1-13(5-4-11-17-15-8-9-15)18-12-10-14-6-2-3-7-16(14)18/h13-17H,2-12H2,1H3. The zero-order chi connectivity index (χ0) is 12.4. The molecule has 104 valence electrons. The molecule has 2 heteroatoms. The lowest BCUT2D eigenvalue weighted by molar-refractivity contribution is 0.134. The molecule has 1 N–H and O–H groups in total. The Bertz CT molecular complexity index is 262. The fourth-order valence-electron chi connectivity index (χ4n) is 4.15. The summed E-state index contributed by atoms with van der Waals surface area (Å²) in [6.45, 7) is 5.09. The normalized spacial score (nSPS) is 34.5. The second-order valence-electron chi connectivity index (χ2n) is 6.86. The van der Waals surface area contributed by atoms with E-state index in [-0.39, 0.29) is 0 Å². The average Bonchev–Trinajstić information content (AvgIpc) is 3.11. The summed E-state index contributed by atoms with van der Waals surface area (Å²) in [6.07, 6.45) is 13.1. The van der Waals surface area contributed by atoms with E-state index in [0.29, 0.717) is 0 Å². The van der Waals surface area contributed by atoms with Crippen LogP contribution in [-0.4, -0.2) is 36.1 Å². The van der Waals surface area contributed by atoms with Crippen LogP contribution in [0.4, 0.5) is 0 Å². The van der Waals surface area contributed by atoms with E-state index in [2.05, 4.69) is 17.1 Å². The lowest BCUT2D eigenvalue weighted by atomic mass is 9.85. The molecule has 0 amide bonds. The molecule has 3 aliphatic rings. The highest BCUT2D eigenvalue weighted by atomic mass is 15.2. The molecule has 3 rings (SSSR count). The van der Waals surface area contributed by atoms with Crippen LogP contribution in [0.5, 0.6) is 0 Å². The molecular formula is C16H30N2. The van der Waals surface area contributed by atoms with Crippen molar-refractivity contribution in [3.05, 3.63) is 0 Å². The molecule has 0 aromatic carbocycles. The summed E-state index contributed by atoms with van der Waals surface area (Å²) in [5, 5.41) is 3.64. The second kappa shape index (κ2) is 5.92. The predicted molar refractivity (Wildman–Crippen MR) is 76.8 cm³/mol. The van der Waals surface area contributed by atoms with Crippen LogP contribution in [0, 0.1) is 5.92 Å². The van der Waals surface area contributed by atoms with Gasteiger partial charge in [0.1, 0.15) is 0 Å². The second-order valence-corrected chi connectivity index (χ2v) is 6.86. The molecule has 0 aromatic rings. The van der Waals surface area contributed by atoms with Crippen molar-refractivity contribution in [1.82, 2.24) is 10.2 Å². The van der Waals surface area contributed by atoms with Gasteiger partial charge < -0.3 is 5.32 Å². The predicted octanol–water partition coefficient (Wildman–Crippen LogP) is 3.17. The molecule has 0 aromatic heterocycles. The van der Waals surface area contributed by atoms with Gasteiger partial charge >= 0.3 is 0 Å². The summed E-state index contributed by atoms with van der Waals surface area (Å²) in [4.78, 5) is 2.85. The summed E-state index contributed by atoms with van der Waals surface area (Å²) in [5.41, 5.74) is 0. The Kier molecular flexibility index (Phi) is 4.25. The zero-order valence-electron chi connectivity index (χ0n) is 12.0. The van der Waals surface area contributed by atoms with Crippen LogP contribution in [0.3, 0.4) is 0 Å². The van der Waals surface area contributed by atoms with Gasteiger partial charge in [0.2, 0.25) is 0 Å². The minimum Gasteiger partial charge on any atom is -0.314 e. The van der Waals surface area contributed by atoms with E-state index in [9.17, 15) is 0 Å². The van der Waals surface area contributed by atoms with Crippen molar-refractivity contribution in [1.29, 1.82) is 0 Å². The largest absolute Gasteiger partial charge is 0.314 e. The maximum atomic E-state index is 3.64. The lowest BCUT2D eigenvalue weighted by Crippen LogP contribution is -2.40. The highest BCUT2D eigenvalue weighted by Gasteiger charge is 2.37. The zero-order valence-corrected chi connectivity index (χ0v) is 12.0. The number of likely N-dealkylation sites (tertiary alicyclic amines) is 1. The molecule has 0 radical (unpaired) electrons. The van der Waals surface area contributed by atoms with Gasteiger partial charge in [0.15, 0.2) is 0 Å². The van der Waals surface area contributed by atoms with Gasteiger partial charge in [0, 0.05) is 18.1 Å². The lowest BCUT2D eigenvalue weighted by Gasteiger charge is -2.35. The van der Waals surface area contributed by atoms with E-state index in [1.54, 1.807) is 0 Å². The molecule has 0 spiro atoms. The molecule has 1 saturated heterocycles. The molecule has 0 bridgehead atoms. The van der Waals surface area contributed by atoms with E-state index in [1.807, 2.05) is 0 Å². The van der Waals surface area contributed by atoms with Crippen LogP contribution in [0.2, 0.25) is 0 Å². The molecule has 2 nitrogen and oxygen atoms in total. The van der Waals surface area contributed by atoms with Crippen LogP contribution >= 0.6 is 0 Å².